The Morgan fingerprint density at radius 2 is 1.50 bits per heavy atom. The van der Waals surface area contributed by atoms with Gasteiger partial charge in [-0.15, -0.1) is 0 Å². The minimum absolute atomic E-state index is 0.0490. The largest absolute Gasteiger partial charge is 0.483 e. The molecule has 0 unspecified atom stereocenters. The van der Waals surface area contributed by atoms with Crippen LogP contribution in [0.15, 0.2) is 71.6 Å². The monoisotopic (exact) mass is 423 g/mol. The lowest BCUT2D eigenvalue weighted by Crippen LogP contribution is -2.40. The van der Waals surface area contributed by atoms with Gasteiger partial charge in [0.25, 0.3) is 15.9 Å². The lowest BCUT2D eigenvalue weighted by atomic mass is 10.1. The first-order valence-electron chi connectivity index (χ1n) is 9.60. The molecule has 0 aliphatic heterocycles. The van der Waals surface area contributed by atoms with Gasteiger partial charge in [-0.05, 0) is 74.7 Å². The molecule has 0 radical (unpaired) electrons. The van der Waals surface area contributed by atoms with Crippen molar-refractivity contribution in [3.63, 3.8) is 0 Å². The molecular weight excluding hydrogens is 398 g/mol. The standard InChI is InChI=1S/C24H25NO4S/c1-17-10-12-22(13-11-17)30(27,28)25(21-8-6-5-7-9-21)24(26)16-29-23-15-18(2)14-19(3)20(23)4/h5-15H,16H2,1-4H3. The number of amides is 1. The quantitative estimate of drug-likeness (QED) is 0.575. The van der Waals surface area contributed by atoms with Crippen molar-refractivity contribution in [2.75, 3.05) is 10.9 Å². The van der Waals surface area contributed by atoms with Crippen LogP contribution in [0.1, 0.15) is 22.3 Å². The molecule has 0 aliphatic rings. The molecule has 5 nitrogen and oxygen atoms in total. The van der Waals surface area contributed by atoms with Crippen molar-refractivity contribution in [2.45, 2.75) is 32.6 Å². The SMILES string of the molecule is Cc1ccc(S(=O)(=O)N(C(=O)COc2cc(C)cc(C)c2C)c2ccccc2)cc1. The zero-order valence-corrected chi connectivity index (χ0v) is 18.4. The van der Waals surface area contributed by atoms with Gasteiger partial charge in [0.1, 0.15) is 5.75 Å². The molecule has 3 aromatic carbocycles. The summed E-state index contributed by atoms with van der Waals surface area (Å²) in [6.45, 7) is 7.29. The Morgan fingerprint density at radius 3 is 2.13 bits per heavy atom. The van der Waals surface area contributed by atoms with E-state index in [0.717, 1.165) is 26.6 Å². The van der Waals surface area contributed by atoms with E-state index < -0.39 is 22.5 Å². The van der Waals surface area contributed by atoms with E-state index >= 15 is 0 Å². The summed E-state index contributed by atoms with van der Waals surface area (Å²) >= 11 is 0. The van der Waals surface area contributed by atoms with Gasteiger partial charge < -0.3 is 4.74 Å². The van der Waals surface area contributed by atoms with E-state index in [-0.39, 0.29) is 10.6 Å². The zero-order chi connectivity index (χ0) is 21.9. The lowest BCUT2D eigenvalue weighted by molar-refractivity contribution is -0.119. The van der Waals surface area contributed by atoms with Crippen molar-refractivity contribution in [1.29, 1.82) is 0 Å². The topological polar surface area (TPSA) is 63.7 Å². The molecule has 0 atom stereocenters. The van der Waals surface area contributed by atoms with Crippen LogP contribution in [-0.4, -0.2) is 20.9 Å². The predicted octanol–water partition coefficient (Wildman–Crippen LogP) is 4.72. The average molecular weight is 424 g/mol. The van der Waals surface area contributed by atoms with Gasteiger partial charge in [0.05, 0.1) is 10.6 Å². The van der Waals surface area contributed by atoms with E-state index in [0.29, 0.717) is 5.75 Å². The Morgan fingerprint density at radius 1 is 0.867 bits per heavy atom. The molecule has 0 aromatic heterocycles. The van der Waals surface area contributed by atoms with Crippen molar-refractivity contribution < 1.29 is 17.9 Å². The van der Waals surface area contributed by atoms with E-state index in [1.165, 1.54) is 12.1 Å². The second-order valence-electron chi connectivity index (χ2n) is 7.31. The second kappa shape index (κ2) is 8.71. The van der Waals surface area contributed by atoms with Crippen LogP contribution in [0, 0.1) is 27.7 Å². The minimum atomic E-state index is -4.10. The van der Waals surface area contributed by atoms with Gasteiger partial charge in [0.2, 0.25) is 0 Å². The molecule has 0 N–H and O–H groups in total. The Kier molecular flexibility index (Phi) is 6.27. The smallest absolute Gasteiger partial charge is 0.278 e. The highest BCUT2D eigenvalue weighted by molar-refractivity contribution is 7.93. The van der Waals surface area contributed by atoms with Gasteiger partial charge in [0.15, 0.2) is 6.61 Å². The number of sulfonamides is 1. The highest BCUT2D eigenvalue weighted by Crippen LogP contribution is 2.26. The van der Waals surface area contributed by atoms with Crippen molar-refractivity contribution in [3.05, 3.63) is 89.0 Å². The molecule has 3 rings (SSSR count). The van der Waals surface area contributed by atoms with Crippen LogP contribution < -0.4 is 9.04 Å². The number of anilines is 1. The molecule has 1 amide bonds. The van der Waals surface area contributed by atoms with Crippen LogP contribution >= 0.6 is 0 Å². The van der Waals surface area contributed by atoms with Gasteiger partial charge in [-0.2, -0.15) is 4.31 Å². The average Bonchev–Trinajstić information content (AvgIpc) is 2.70. The van der Waals surface area contributed by atoms with Crippen molar-refractivity contribution in [2.24, 2.45) is 0 Å². The van der Waals surface area contributed by atoms with Crippen LogP contribution in [0.5, 0.6) is 5.75 Å². The Bertz CT molecular complexity index is 1150. The summed E-state index contributed by atoms with van der Waals surface area (Å²) in [5.41, 5.74) is 4.17. The number of carbonyl (C=O) groups excluding carboxylic acids is 1. The van der Waals surface area contributed by atoms with Gasteiger partial charge >= 0.3 is 0 Å². The number of benzene rings is 3. The van der Waals surface area contributed by atoms with Crippen molar-refractivity contribution in [3.8, 4) is 5.75 Å². The Balaban J connectivity index is 1.95. The molecule has 0 saturated heterocycles. The van der Waals surface area contributed by atoms with Crippen LogP contribution in [0.25, 0.3) is 0 Å². The van der Waals surface area contributed by atoms with E-state index in [4.69, 9.17) is 4.74 Å². The van der Waals surface area contributed by atoms with E-state index in [2.05, 4.69) is 0 Å². The van der Waals surface area contributed by atoms with Gasteiger partial charge in [-0.3, -0.25) is 4.79 Å². The van der Waals surface area contributed by atoms with Crippen molar-refractivity contribution >= 4 is 21.6 Å². The third-order valence-corrected chi connectivity index (χ3v) is 6.65. The van der Waals surface area contributed by atoms with Crippen LogP contribution in [0.3, 0.4) is 0 Å². The predicted molar refractivity (Wildman–Crippen MR) is 118 cm³/mol. The van der Waals surface area contributed by atoms with E-state index in [1.807, 2.05) is 39.8 Å². The summed E-state index contributed by atoms with van der Waals surface area (Å²) in [4.78, 5) is 13.2. The lowest BCUT2D eigenvalue weighted by Gasteiger charge is -2.23. The fourth-order valence-corrected chi connectivity index (χ4v) is 4.56. The minimum Gasteiger partial charge on any atom is -0.483 e. The van der Waals surface area contributed by atoms with Gasteiger partial charge in [0, 0.05) is 0 Å². The Hall–Kier alpha value is -3.12. The zero-order valence-electron chi connectivity index (χ0n) is 17.5. The number of hydrogen-bond donors (Lipinski definition) is 0. The normalized spacial score (nSPS) is 11.2. The third-order valence-electron chi connectivity index (χ3n) is 4.89. The summed E-state index contributed by atoms with van der Waals surface area (Å²) in [6.07, 6.45) is 0. The second-order valence-corrected chi connectivity index (χ2v) is 9.09. The first kappa shape index (κ1) is 21.6. The van der Waals surface area contributed by atoms with E-state index in [9.17, 15) is 13.2 Å². The maximum atomic E-state index is 13.3. The Labute approximate surface area is 178 Å². The highest BCUT2D eigenvalue weighted by Gasteiger charge is 2.31. The maximum absolute atomic E-state index is 13.3. The summed E-state index contributed by atoms with van der Waals surface area (Å²) in [5.74, 6) is -0.0954. The number of ether oxygens (including phenoxy) is 1. The number of rotatable bonds is 6. The molecule has 156 valence electrons. The highest BCUT2D eigenvalue weighted by atomic mass is 32.2. The molecule has 0 bridgehead atoms. The van der Waals surface area contributed by atoms with Crippen LogP contribution in [0.4, 0.5) is 5.69 Å². The summed E-state index contributed by atoms with van der Waals surface area (Å²) in [6, 6.07) is 18.6. The molecule has 0 saturated carbocycles. The maximum Gasteiger partial charge on any atom is 0.278 e. The van der Waals surface area contributed by atoms with Gasteiger partial charge in [-0.25, -0.2) is 8.42 Å². The number of nitrogens with zero attached hydrogens (tertiary/aromatic N) is 1. The molecule has 0 spiro atoms. The van der Waals surface area contributed by atoms with E-state index in [1.54, 1.807) is 42.5 Å². The molecular formula is C24H25NO4S. The molecule has 0 fully saturated rings. The summed E-state index contributed by atoms with van der Waals surface area (Å²) in [7, 11) is -4.10. The number of hydrogen-bond acceptors (Lipinski definition) is 4. The number of para-hydroxylation sites is 1. The molecule has 0 aliphatic carbocycles. The molecule has 6 heteroatoms. The van der Waals surface area contributed by atoms with Crippen LogP contribution in [0.2, 0.25) is 0 Å². The summed E-state index contributed by atoms with van der Waals surface area (Å²) in [5, 5.41) is 0. The fraction of sp³-hybridized carbons (Fsp3) is 0.208. The van der Waals surface area contributed by atoms with Crippen molar-refractivity contribution in [1.82, 2.24) is 0 Å². The summed E-state index contributed by atoms with van der Waals surface area (Å²) < 4.78 is 33.2. The first-order chi connectivity index (χ1) is 14.2. The fourth-order valence-electron chi connectivity index (χ4n) is 3.14. The molecule has 0 heterocycles. The van der Waals surface area contributed by atoms with Crippen LogP contribution in [-0.2, 0) is 14.8 Å². The molecule has 30 heavy (non-hydrogen) atoms. The first-order valence-corrected chi connectivity index (χ1v) is 11.0. The number of carbonyl (C=O) groups is 1. The molecule has 3 aromatic rings. The van der Waals surface area contributed by atoms with Gasteiger partial charge in [-0.1, -0.05) is 42.0 Å². The number of aryl methyl sites for hydroxylation is 3. The third kappa shape index (κ3) is 4.54.